The molecule has 0 heterocycles. The molecule has 2 N–H and O–H groups in total. The maximum Gasteiger partial charge on any atom is 0.251 e. The van der Waals surface area contributed by atoms with Crippen molar-refractivity contribution in [1.29, 1.82) is 0 Å². The van der Waals surface area contributed by atoms with Gasteiger partial charge in [-0.1, -0.05) is 12.1 Å². The van der Waals surface area contributed by atoms with Gasteiger partial charge in [-0.15, -0.1) is 0 Å². The Morgan fingerprint density at radius 2 is 2.14 bits per heavy atom. The van der Waals surface area contributed by atoms with E-state index in [9.17, 15) is 18.4 Å². The van der Waals surface area contributed by atoms with E-state index in [1.54, 1.807) is 31.3 Å². The number of hydrogen-bond donors (Lipinski definition) is 2. The van der Waals surface area contributed by atoms with E-state index in [0.717, 1.165) is 5.56 Å². The van der Waals surface area contributed by atoms with Gasteiger partial charge in [0.2, 0.25) is 11.8 Å². The lowest BCUT2D eigenvalue weighted by Crippen LogP contribution is -2.37. The minimum Gasteiger partial charge on any atom is -0.355 e. The quantitative estimate of drug-likeness (QED) is 0.897. The van der Waals surface area contributed by atoms with Crippen LogP contribution >= 0.6 is 0 Å². The smallest absolute Gasteiger partial charge is 0.251 e. The van der Waals surface area contributed by atoms with Gasteiger partial charge in [-0.2, -0.15) is 0 Å². The zero-order chi connectivity index (χ0) is 16.2. The monoisotopic (exact) mass is 310 g/mol. The summed E-state index contributed by atoms with van der Waals surface area (Å²) in [4.78, 5) is 23.6. The molecular formula is C16H20F2N2O2. The number of benzene rings is 1. The van der Waals surface area contributed by atoms with Crippen LogP contribution in [0.1, 0.15) is 41.6 Å². The highest BCUT2D eigenvalue weighted by Gasteiger charge is 2.38. The summed E-state index contributed by atoms with van der Waals surface area (Å²) in [6, 6.07) is 6.85. The lowest BCUT2D eigenvalue weighted by Gasteiger charge is -2.28. The molecule has 1 aromatic carbocycles. The predicted octanol–water partition coefficient (Wildman–Crippen LogP) is 2.49. The van der Waals surface area contributed by atoms with Crippen molar-refractivity contribution in [3.63, 3.8) is 0 Å². The molecular weight excluding hydrogens is 290 g/mol. The first-order valence-corrected chi connectivity index (χ1v) is 7.38. The molecule has 0 spiro atoms. The van der Waals surface area contributed by atoms with Gasteiger partial charge in [0.1, 0.15) is 0 Å². The first kappa shape index (κ1) is 16.4. The molecule has 120 valence electrons. The van der Waals surface area contributed by atoms with E-state index in [0.29, 0.717) is 18.4 Å². The molecule has 0 aromatic heterocycles. The topological polar surface area (TPSA) is 58.2 Å². The van der Waals surface area contributed by atoms with Crippen molar-refractivity contribution in [1.82, 2.24) is 10.6 Å². The fourth-order valence-electron chi connectivity index (χ4n) is 2.70. The van der Waals surface area contributed by atoms with Gasteiger partial charge in [0.15, 0.2) is 0 Å². The van der Waals surface area contributed by atoms with Crippen LogP contribution < -0.4 is 10.6 Å². The van der Waals surface area contributed by atoms with Crippen LogP contribution in [-0.2, 0) is 11.3 Å². The molecule has 6 heteroatoms. The number of amides is 2. The Kier molecular flexibility index (Phi) is 5.11. The Bertz CT molecular complexity index is 561. The summed E-state index contributed by atoms with van der Waals surface area (Å²) in [5.74, 6) is -3.92. The van der Waals surface area contributed by atoms with Gasteiger partial charge in [-0.05, 0) is 30.5 Å². The highest BCUT2D eigenvalue weighted by atomic mass is 19.3. The van der Waals surface area contributed by atoms with Gasteiger partial charge in [-0.25, -0.2) is 8.78 Å². The second-order valence-electron chi connectivity index (χ2n) is 5.65. The van der Waals surface area contributed by atoms with Gasteiger partial charge < -0.3 is 10.6 Å². The fourth-order valence-corrected chi connectivity index (χ4v) is 2.70. The van der Waals surface area contributed by atoms with Crippen molar-refractivity contribution in [3.05, 3.63) is 35.4 Å². The maximum absolute atomic E-state index is 13.3. The molecule has 2 rings (SSSR count). The van der Waals surface area contributed by atoms with E-state index in [1.165, 1.54) is 0 Å². The maximum atomic E-state index is 13.3. The van der Waals surface area contributed by atoms with Crippen molar-refractivity contribution in [2.75, 3.05) is 7.05 Å². The van der Waals surface area contributed by atoms with Gasteiger partial charge in [-0.3, -0.25) is 9.59 Å². The molecule has 4 nitrogen and oxygen atoms in total. The van der Waals surface area contributed by atoms with E-state index in [2.05, 4.69) is 10.6 Å². The highest BCUT2D eigenvalue weighted by molar-refractivity contribution is 5.94. The second kappa shape index (κ2) is 6.85. The molecule has 2 amide bonds. The van der Waals surface area contributed by atoms with Gasteiger partial charge in [0, 0.05) is 37.9 Å². The average Bonchev–Trinajstić information content (AvgIpc) is 2.51. The standard InChI is InChI=1S/C16H20F2N2O2/c1-19-14(21)12-5-2-4-11(8-12)10-20-15(22)13-6-3-7-16(17,18)9-13/h2,4-5,8,13H,3,6-7,9-10H2,1H3,(H,19,21)(H,20,22). The van der Waals surface area contributed by atoms with E-state index >= 15 is 0 Å². The summed E-state index contributed by atoms with van der Waals surface area (Å²) in [6.45, 7) is 0.228. The number of rotatable bonds is 4. The number of halogens is 2. The third-order valence-corrected chi connectivity index (χ3v) is 3.89. The Balaban J connectivity index is 1.92. The van der Waals surface area contributed by atoms with E-state index in [1.807, 2.05) is 0 Å². The Morgan fingerprint density at radius 3 is 2.82 bits per heavy atom. The number of carbonyl (C=O) groups is 2. The fraction of sp³-hybridized carbons (Fsp3) is 0.500. The molecule has 0 aliphatic heterocycles. The molecule has 0 bridgehead atoms. The van der Waals surface area contributed by atoms with Crippen molar-refractivity contribution >= 4 is 11.8 Å². The molecule has 1 saturated carbocycles. The molecule has 1 aromatic rings. The lowest BCUT2D eigenvalue weighted by atomic mass is 9.86. The molecule has 0 radical (unpaired) electrons. The number of nitrogens with one attached hydrogen (secondary N) is 2. The van der Waals surface area contributed by atoms with Crippen LogP contribution in [0.2, 0.25) is 0 Å². The summed E-state index contributed by atoms with van der Waals surface area (Å²) >= 11 is 0. The zero-order valence-electron chi connectivity index (χ0n) is 12.5. The first-order chi connectivity index (χ1) is 10.4. The van der Waals surface area contributed by atoms with Crippen molar-refractivity contribution < 1.29 is 18.4 Å². The molecule has 1 aliphatic rings. The van der Waals surface area contributed by atoms with Crippen molar-refractivity contribution in [2.45, 2.75) is 38.2 Å². The number of carbonyl (C=O) groups excluding carboxylic acids is 2. The number of alkyl halides is 2. The summed E-state index contributed by atoms with van der Waals surface area (Å²) in [5, 5.41) is 5.21. The second-order valence-corrected chi connectivity index (χ2v) is 5.65. The zero-order valence-corrected chi connectivity index (χ0v) is 12.5. The number of hydrogen-bond acceptors (Lipinski definition) is 2. The van der Waals surface area contributed by atoms with Crippen LogP contribution in [0, 0.1) is 5.92 Å². The third kappa shape index (κ3) is 4.26. The largest absolute Gasteiger partial charge is 0.355 e. The van der Waals surface area contributed by atoms with Crippen molar-refractivity contribution in [2.24, 2.45) is 5.92 Å². The minimum absolute atomic E-state index is 0.134. The first-order valence-electron chi connectivity index (χ1n) is 7.38. The van der Waals surface area contributed by atoms with E-state index < -0.39 is 11.8 Å². The Labute approximate surface area is 128 Å². The SMILES string of the molecule is CNC(=O)c1cccc(CNC(=O)C2CCCC(F)(F)C2)c1. The third-order valence-electron chi connectivity index (χ3n) is 3.89. The lowest BCUT2D eigenvalue weighted by molar-refractivity contribution is -0.132. The summed E-state index contributed by atoms with van der Waals surface area (Å²) in [7, 11) is 1.54. The van der Waals surface area contributed by atoms with E-state index in [-0.39, 0.29) is 31.2 Å². The van der Waals surface area contributed by atoms with E-state index in [4.69, 9.17) is 0 Å². The molecule has 0 saturated heterocycles. The summed E-state index contributed by atoms with van der Waals surface area (Å²) in [6.07, 6.45) is 0.360. The molecule has 1 fully saturated rings. The summed E-state index contributed by atoms with van der Waals surface area (Å²) < 4.78 is 26.7. The van der Waals surface area contributed by atoms with Gasteiger partial charge >= 0.3 is 0 Å². The average molecular weight is 310 g/mol. The Morgan fingerprint density at radius 1 is 1.36 bits per heavy atom. The van der Waals surface area contributed by atoms with Crippen LogP contribution in [0.15, 0.2) is 24.3 Å². The normalized spacial score (nSPS) is 20.2. The summed E-state index contributed by atoms with van der Waals surface area (Å²) in [5.41, 5.74) is 1.26. The van der Waals surface area contributed by atoms with Crippen LogP contribution in [0.5, 0.6) is 0 Å². The molecule has 1 aliphatic carbocycles. The minimum atomic E-state index is -2.74. The van der Waals surface area contributed by atoms with Crippen LogP contribution in [0.25, 0.3) is 0 Å². The molecule has 1 unspecified atom stereocenters. The van der Waals surface area contributed by atoms with Gasteiger partial charge in [0.05, 0.1) is 0 Å². The van der Waals surface area contributed by atoms with Crippen LogP contribution in [-0.4, -0.2) is 24.8 Å². The van der Waals surface area contributed by atoms with Crippen LogP contribution in [0.4, 0.5) is 8.78 Å². The van der Waals surface area contributed by atoms with Gasteiger partial charge in [0.25, 0.3) is 5.91 Å². The Hall–Kier alpha value is -1.98. The highest BCUT2D eigenvalue weighted by Crippen LogP contribution is 2.36. The predicted molar refractivity (Wildman–Crippen MR) is 78.6 cm³/mol. The molecule has 1 atom stereocenters. The van der Waals surface area contributed by atoms with Crippen LogP contribution in [0.3, 0.4) is 0 Å². The molecule has 22 heavy (non-hydrogen) atoms. The van der Waals surface area contributed by atoms with Crippen molar-refractivity contribution in [3.8, 4) is 0 Å².